The Bertz CT molecular complexity index is 1450. The summed E-state index contributed by atoms with van der Waals surface area (Å²) in [6.45, 7) is 9.17. The van der Waals surface area contributed by atoms with Crippen LogP contribution < -0.4 is 9.62 Å². The molecule has 1 N–H and O–H groups in total. The Balaban J connectivity index is 2.09. The number of halogens is 1. The number of amides is 2. The van der Waals surface area contributed by atoms with Gasteiger partial charge in [-0.25, -0.2) is 8.42 Å². The highest BCUT2D eigenvalue weighted by atomic mass is 79.9. The molecule has 0 saturated carbocycles. The van der Waals surface area contributed by atoms with Crippen LogP contribution in [0.2, 0.25) is 0 Å². The number of hydrogen-bond donors (Lipinski definition) is 1. The van der Waals surface area contributed by atoms with Crippen LogP contribution in [0.25, 0.3) is 0 Å². The van der Waals surface area contributed by atoms with Gasteiger partial charge in [0, 0.05) is 23.0 Å². The van der Waals surface area contributed by atoms with Gasteiger partial charge in [-0.05, 0) is 81.1 Å². The first kappa shape index (κ1) is 31.4. The molecule has 7 nitrogen and oxygen atoms in total. The summed E-state index contributed by atoms with van der Waals surface area (Å²) in [4.78, 5) is 29.4. The topological polar surface area (TPSA) is 86.8 Å². The molecule has 0 bridgehead atoms. The van der Waals surface area contributed by atoms with Crippen LogP contribution in [0.4, 0.5) is 5.69 Å². The summed E-state index contributed by atoms with van der Waals surface area (Å²) in [6, 6.07) is 21.4. The van der Waals surface area contributed by atoms with Crippen molar-refractivity contribution in [2.24, 2.45) is 0 Å². The number of anilines is 1. The molecular formula is C31H38BrN3O4S. The molecule has 0 radical (unpaired) electrons. The van der Waals surface area contributed by atoms with Gasteiger partial charge >= 0.3 is 0 Å². The number of hydrogen-bond acceptors (Lipinski definition) is 4. The van der Waals surface area contributed by atoms with Gasteiger partial charge in [-0.15, -0.1) is 0 Å². The Kier molecular flexibility index (Phi) is 10.2. The first-order chi connectivity index (χ1) is 18.6. The first-order valence-corrected chi connectivity index (χ1v) is 15.7. The Morgan fingerprint density at radius 1 is 0.900 bits per heavy atom. The number of nitrogens with zero attached hydrogens (tertiary/aromatic N) is 2. The summed E-state index contributed by atoms with van der Waals surface area (Å²) in [5.74, 6) is -0.787. The van der Waals surface area contributed by atoms with Gasteiger partial charge in [0.1, 0.15) is 12.6 Å². The van der Waals surface area contributed by atoms with Crippen molar-refractivity contribution in [3.05, 3.63) is 99.5 Å². The molecule has 0 aromatic heterocycles. The van der Waals surface area contributed by atoms with Gasteiger partial charge in [0.25, 0.3) is 0 Å². The molecule has 0 aliphatic rings. The highest BCUT2D eigenvalue weighted by Crippen LogP contribution is 2.23. The molecule has 0 aliphatic carbocycles. The molecule has 214 valence electrons. The fourth-order valence-corrected chi connectivity index (χ4v) is 5.62. The maximum atomic E-state index is 14.1. The third kappa shape index (κ3) is 8.93. The highest BCUT2D eigenvalue weighted by molar-refractivity contribution is 9.10. The Labute approximate surface area is 246 Å². The minimum Gasteiger partial charge on any atom is -0.350 e. The standard InChI is InChI=1S/C31H38BrN3O4S/c1-22-15-16-27(17-23(22)2)35(40(6,38)39)21-29(36)34(20-25-13-10-14-26(32)18-25)28(30(37)33-31(3,4)5)19-24-11-8-7-9-12-24/h7-18,28H,19-21H2,1-6H3,(H,33,37)/t28-/m0/s1. The molecule has 9 heteroatoms. The first-order valence-electron chi connectivity index (χ1n) is 13.1. The third-order valence-electron chi connectivity index (χ3n) is 6.47. The van der Waals surface area contributed by atoms with Gasteiger partial charge in [-0.1, -0.05) is 64.5 Å². The second-order valence-electron chi connectivity index (χ2n) is 11.1. The molecule has 0 saturated heterocycles. The number of carbonyl (C=O) groups excluding carboxylic acids is 2. The molecule has 3 rings (SSSR count). The van der Waals surface area contributed by atoms with Crippen molar-refractivity contribution in [3.8, 4) is 0 Å². The highest BCUT2D eigenvalue weighted by Gasteiger charge is 2.34. The molecule has 40 heavy (non-hydrogen) atoms. The molecule has 0 aliphatic heterocycles. The van der Waals surface area contributed by atoms with Crippen molar-refractivity contribution in [2.45, 2.75) is 59.2 Å². The van der Waals surface area contributed by atoms with Gasteiger partial charge in [-0.2, -0.15) is 0 Å². The number of aryl methyl sites for hydroxylation is 2. The molecule has 1 atom stereocenters. The van der Waals surface area contributed by atoms with E-state index in [9.17, 15) is 18.0 Å². The summed E-state index contributed by atoms with van der Waals surface area (Å²) in [5, 5.41) is 3.03. The van der Waals surface area contributed by atoms with Crippen molar-refractivity contribution in [2.75, 3.05) is 17.1 Å². The fraction of sp³-hybridized carbons (Fsp3) is 0.355. The summed E-state index contributed by atoms with van der Waals surface area (Å²) in [7, 11) is -3.81. The van der Waals surface area contributed by atoms with Crippen LogP contribution in [-0.4, -0.2) is 49.5 Å². The van der Waals surface area contributed by atoms with Gasteiger partial charge in [0.15, 0.2) is 0 Å². The summed E-state index contributed by atoms with van der Waals surface area (Å²) < 4.78 is 27.8. The lowest BCUT2D eigenvalue weighted by atomic mass is 10.0. The summed E-state index contributed by atoms with van der Waals surface area (Å²) in [6.07, 6.45) is 1.35. The van der Waals surface area contributed by atoms with E-state index in [1.807, 2.05) is 95.3 Å². The van der Waals surface area contributed by atoms with Crippen LogP contribution in [-0.2, 0) is 32.6 Å². The lowest BCUT2D eigenvalue weighted by molar-refractivity contribution is -0.140. The van der Waals surface area contributed by atoms with E-state index < -0.39 is 34.1 Å². The van der Waals surface area contributed by atoms with Crippen LogP contribution in [0.15, 0.2) is 77.3 Å². The third-order valence-corrected chi connectivity index (χ3v) is 8.10. The van der Waals surface area contributed by atoms with E-state index in [0.717, 1.165) is 37.3 Å². The maximum absolute atomic E-state index is 14.1. The van der Waals surface area contributed by atoms with E-state index in [1.54, 1.807) is 12.1 Å². The normalized spacial score (nSPS) is 12.5. The zero-order valence-corrected chi connectivity index (χ0v) is 26.3. The number of sulfonamides is 1. The zero-order chi connectivity index (χ0) is 29.7. The Morgan fingerprint density at radius 3 is 2.12 bits per heavy atom. The van der Waals surface area contributed by atoms with Crippen LogP contribution in [0.1, 0.15) is 43.0 Å². The van der Waals surface area contributed by atoms with Crippen molar-refractivity contribution >= 4 is 43.5 Å². The molecule has 0 heterocycles. The lowest BCUT2D eigenvalue weighted by Gasteiger charge is -2.35. The zero-order valence-electron chi connectivity index (χ0n) is 23.9. The van der Waals surface area contributed by atoms with Crippen LogP contribution in [0.3, 0.4) is 0 Å². The van der Waals surface area contributed by atoms with E-state index in [4.69, 9.17) is 0 Å². The van der Waals surface area contributed by atoms with Gasteiger partial charge in [0.2, 0.25) is 21.8 Å². The van der Waals surface area contributed by atoms with E-state index in [0.29, 0.717) is 5.69 Å². The number of rotatable bonds is 10. The molecule has 0 unspecified atom stereocenters. The minimum absolute atomic E-state index is 0.123. The summed E-state index contributed by atoms with van der Waals surface area (Å²) >= 11 is 3.49. The monoisotopic (exact) mass is 627 g/mol. The fourth-order valence-electron chi connectivity index (χ4n) is 4.33. The molecule has 3 aromatic rings. The predicted molar refractivity (Wildman–Crippen MR) is 165 cm³/mol. The van der Waals surface area contributed by atoms with E-state index >= 15 is 0 Å². The van der Waals surface area contributed by atoms with Crippen LogP contribution in [0, 0.1) is 13.8 Å². The van der Waals surface area contributed by atoms with Crippen LogP contribution in [0.5, 0.6) is 0 Å². The molecular weight excluding hydrogens is 590 g/mol. The molecule has 0 spiro atoms. The quantitative estimate of drug-likeness (QED) is 0.327. The SMILES string of the molecule is Cc1ccc(N(CC(=O)N(Cc2cccc(Br)c2)[C@@H](Cc2ccccc2)C(=O)NC(C)(C)C)S(C)(=O)=O)cc1C. The second-order valence-corrected chi connectivity index (χ2v) is 14.0. The average Bonchev–Trinajstić information content (AvgIpc) is 2.85. The molecule has 3 aromatic carbocycles. The van der Waals surface area contributed by atoms with Crippen molar-refractivity contribution in [1.29, 1.82) is 0 Å². The van der Waals surface area contributed by atoms with Gasteiger partial charge in [0.05, 0.1) is 11.9 Å². The average molecular weight is 629 g/mol. The molecule has 2 amide bonds. The van der Waals surface area contributed by atoms with Gasteiger partial charge < -0.3 is 10.2 Å². The van der Waals surface area contributed by atoms with Gasteiger partial charge in [-0.3, -0.25) is 13.9 Å². The van der Waals surface area contributed by atoms with E-state index in [1.165, 1.54) is 4.90 Å². The number of benzene rings is 3. The Hall–Kier alpha value is -3.17. The van der Waals surface area contributed by atoms with Crippen molar-refractivity contribution < 1.29 is 18.0 Å². The lowest BCUT2D eigenvalue weighted by Crippen LogP contribution is -2.56. The second kappa shape index (κ2) is 13.0. The van der Waals surface area contributed by atoms with E-state index in [-0.39, 0.29) is 18.9 Å². The molecule has 0 fully saturated rings. The van der Waals surface area contributed by atoms with Crippen molar-refractivity contribution in [1.82, 2.24) is 10.2 Å². The smallest absolute Gasteiger partial charge is 0.244 e. The summed E-state index contributed by atoms with van der Waals surface area (Å²) in [5.41, 5.74) is 3.49. The minimum atomic E-state index is -3.81. The maximum Gasteiger partial charge on any atom is 0.244 e. The Morgan fingerprint density at radius 2 is 1.55 bits per heavy atom. The van der Waals surface area contributed by atoms with Crippen molar-refractivity contribution in [3.63, 3.8) is 0 Å². The van der Waals surface area contributed by atoms with Crippen LogP contribution >= 0.6 is 15.9 Å². The van der Waals surface area contributed by atoms with E-state index in [2.05, 4.69) is 21.2 Å². The number of carbonyl (C=O) groups is 2. The predicted octanol–water partition coefficient (Wildman–Crippen LogP) is 5.39. The largest absolute Gasteiger partial charge is 0.350 e. The number of nitrogens with one attached hydrogen (secondary N) is 1.